The molecule has 1 atom stereocenters. The molecule has 1 unspecified atom stereocenters. The van der Waals surface area contributed by atoms with Crippen molar-refractivity contribution < 1.29 is 9.66 Å². The van der Waals surface area contributed by atoms with Crippen molar-refractivity contribution in [2.24, 2.45) is 7.05 Å². The van der Waals surface area contributed by atoms with Crippen LogP contribution >= 0.6 is 11.6 Å². The van der Waals surface area contributed by atoms with Crippen LogP contribution in [0.15, 0.2) is 73.2 Å². The molecule has 34 heavy (non-hydrogen) atoms. The van der Waals surface area contributed by atoms with Gasteiger partial charge in [0.05, 0.1) is 46.9 Å². The molecule has 4 aromatic rings. The van der Waals surface area contributed by atoms with E-state index in [4.69, 9.17) is 16.3 Å². The predicted octanol–water partition coefficient (Wildman–Crippen LogP) is 6.14. The fourth-order valence-corrected chi connectivity index (χ4v) is 4.06. The quantitative estimate of drug-likeness (QED) is 0.238. The first-order chi connectivity index (χ1) is 16.4. The zero-order valence-electron chi connectivity index (χ0n) is 18.6. The van der Waals surface area contributed by atoms with Crippen LogP contribution < -0.4 is 0 Å². The maximum atomic E-state index is 11.5. The lowest BCUT2D eigenvalue weighted by Gasteiger charge is -2.21. The summed E-state index contributed by atoms with van der Waals surface area (Å²) in [6, 6.07) is 20.2. The van der Waals surface area contributed by atoms with E-state index >= 15 is 0 Å². The average molecular weight is 473 g/mol. The average Bonchev–Trinajstić information content (AvgIpc) is 3.25. The topological polar surface area (TPSA) is 94.0 Å². The number of hydrogen-bond acceptors (Lipinski definition) is 5. The molecule has 0 bridgehead atoms. The Morgan fingerprint density at radius 3 is 2.65 bits per heavy atom. The van der Waals surface area contributed by atoms with E-state index in [0.717, 1.165) is 27.9 Å². The lowest BCUT2D eigenvalue weighted by atomic mass is 9.93. The van der Waals surface area contributed by atoms with Crippen LogP contribution in [0.25, 0.3) is 11.1 Å². The second kappa shape index (κ2) is 9.87. The van der Waals surface area contributed by atoms with Crippen molar-refractivity contribution in [1.82, 2.24) is 9.55 Å². The lowest BCUT2D eigenvalue weighted by Crippen LogP contribution is -2.11. The Labute approximate surface area is 202 Å². The van der Waals surface area contributed by atoms with Gasteiger partial charge in [-0.25, -0.2) is 4.98 Å². The van der Waals surface area contributed by atoms with Crippen molar-refractivity contribution in [1.29, 1.82) is 5.26 Å². The summed E-state index contributed by atoms with van der Waals surface area (Å²) in [5.74, 6) is 0. The first-order valence-corrected chi connectivity index (χ1v) is 10.9. The Morgan fingerprint density at radius 1 is 1.18 bits per heavy atom. The van der Waals surface area contributed by atoms with E-state index in [2.05, 4.69) is 11.1 Å². The number of halogens is 1. The largest absolute Gasteiger partial charge is 0.362 e. The van der Waals surface area contributed by atoms with Crippen molar-refractivity contribution >= 4 is 17.3 Å². The molecular weight excluding hydrogens is 452 g/mol. The van der Waals surface area contributed by atoms with Crippen LogP contribution in [-0.2, 0) is 18.4 Å². The van der Waals surface area contributed by atoms with Gasteiger partial charge in [-0.05, 0) is 47.9 Å². The van der Waals surface area contributed by atoms with E-state index in [1.54, 1.807) is 30.7 Å². The van der Waals surface area contributed by atoms with Crippen molar-refractivity contribution in [2.45, 2.75) is 19.6 Å². The minimum absolute atomic E-state index is 0.0109. The number of aryl methyl sites for hydroxylation is 2. The maximum absolute atomic E-state index is 11.5. The van der Waals surface area contributed by atoms with Gasteiger partial charge >= 0.3 is 0 Å². The van der Waals surface area contributed by atoms with Gasteiger partial charge in [-0.3, -0.25) is 10.1 Å². The second-order valence-electron chi connectivity index (χ2n) is 7.88. The minimum atomic E-state index is -0.571. The summed E-state index contributed by atoms with van der Waals surface area (Å²) in [4.78, 5) is 15.3. The van der Waals surface area contributed by atoms with Gasteiger partial charge < -0.3 is 9.30 Å². The van der Waals surface area contributed by atoms with Gasteiger partial charge in [0.2, 0.25) is 0 Å². The molecule has 1 aromatic heterocycles. The minimum Gasteiger partial charge on any atom is -0.362 e. The van der Waals surface area contributed by atoms with Crippen LogP contribution in [-0.4, -0.2) is 14.5 Å². The highest BCUT2D eigenvalue weighted by Crippen LogP contribution is 2.34. The van der Waals surface area contributed by atoms with Gasteiger partial charge in [-0.15, -0.1) is 0 Å². The Bertz CT molecular complexity index is 1410. The van der Waals surface area contributed by atoms with E-state index in [1.807, 2.05) is 54.9 Å². The summed E-state index contributed by atoms with van der Waals surface area (Å²) in [5.41, 5.74) is 5.24. The summed E-state index contributed by atoms with van der Waals surface area (Å²) in [6.07, 6.45) is 2.80. The molecule has 7 nitrogen and oxygen atoms in total. The zero-order valence-corrected chi connectivity index (χ0v) is 19.4. The zero-order chi connectivity index (χ0) is 24.2. The van der Waals surface area contributed by atoms with Gasteiger partial charge in [0, 0.05) is 23.7 Å². The molecule has 170 valence electrons. The highest BCUT2D eigenvalue weighted by Gasteiger charge is 2.23. The van der Waals surface area contributed by atoms with Crippen molar-refractivity contribution in [3.8, 4) is 17.2 Å². The number of nitro benzene ring substituents is 1. The van der Waals surface area contributed by atoms with Crippen LogP contribution in [0.3, 0.4) is 0 Å². The smallest absolute Gasteiger partial charge is 0.276 e. The fraction of sp³-hybridized carbons (Fsp3) is 0.154. The Hall–Kier alpha value is -3.99. The van der Waals surface area contributed by atoms with Crippen LogP contribution in [0.2, 0.25) is 5.02 Å². The molecule has 0 amide bonds. The molecule has 0 fully saturated rings. The Morgan fingerprint density at radius 2 is 1.97 bits per heavy atom. The van der Waals surface area contributed by atoms with E-state index in [-0.39, 0.29) is 17.3 Å². The van der Waals surface area contributed by atoms with Crippen LogP contribution in [0.4, 0.5) is 5.69 Å². The van der Waals surface area contributed by atoms with Gasteiger partial charge in [0.15, 0.2) is 0 Å². The third-order valence-electron chi connectivity index (χ3n) is 5.67. The highest BCUT2D eigenvalue weighted by atomic mass is 35.5. The molecule has 0 N–H and O–H groups in total. The molecule has 0 saturated carbocycles. The van der Waals surface area contributed by atoms with Crippen molar-refractivity contribution in [2.75, 3.05) is 0 Å². The summed E-state index contributed by atoms with van der Waals surface area (Å²) in [6.45, 7) is 1.99. The Kier molecular flexibility index (Phi) is 6.73. The van der Waals surface area contributed by atoms with E-state index in [9.17, 15) is 15.4 Å². The fourth-order valence-electron chi connectivity index (χ4n) is 3.89. The third-order valence-corrected chi connectivity index (χ3v) is 5.91. The highest BCUT2D eigenvalue weighted by molar-refractivity contribution is 6.30. The molecule has 1 heterocycles. The van der Waals surface area contributed by atoms with Crippen LogP contribution in [0, 0.1) is 28.4 Å². The number of aromatic nitrogens is 2. The molecule has 8 heteroatoms. The SMILES string of the molecule is Cc1ccccc1-c1cc(C(OCc2ccc(Cl)cc2[N+](=O)[O-])c2cncn2C)ccc1C#N. The van der Waals surface area contributed by atoms with Gasteiger partial charge in [-0.1, -0.05) is 41.9 Å². The Balaban J connectivity index is 1.77. The van der Waals surface area contributed by atoms with Crippen molar-refractivity contribution in [3.05, 3.63) is 116 Å². The standard InChI is InChI=1S/C26H21ClN4O3/c1-17-5-3-4-6-22(17)23-11-18(7-8-19(23)13-28)26(25-14-29-16-30(25)2)34-15-20-9-10-21(27)12-24(20)31(32)33/h3-12,14,16,26H,15H2,1-2H3. The molecule has 0 saturated heterocycles. The van der Waals surface area contributed by atoms with E-state index in [0.29, 0.717) is 11.1 Å². The lowest BCUT2D eigenvalue weighted by molar-refractivity contribution is -0.386. The number of ether oxygens (including phenoxy) is 1. The normalized spacial score (nSPS) is 11.7. The number of nitriles is 1. The van der Waals surface area contributed by atoms with Crippen LogP contribution in [0.1, 0.15) is 34.1 Å². The summed E-state index contributed by atoms with van der Waals surface area (Å²) >= 11 is 5.96. The summed E-state index contributed by atoms with van der Waals surface area (Å²) < 4.78 is 8.11. The molecular formula is C26H21ClN4O3. The predicted molar refractivity (Wildman–Crippen MR) is 129 cm³/mol. The first-order valence-electron chi connectivity index (χ1n) is 10.5. The molecule has 3 aromatic carbocycles. The molecule has 0 aliphatic carbocycles. The molecule has 0 spiro atoms. The van der Waals surface area contributed by atoms with Gasteiger partial charge in [0.1, 0.15) is 6.10 Å². The maximum Gasteiger partial charge on any atom is 0.276 e. The summed E-state index contributed by atoms with van der Waals surface area (Å²) in [5, 5.41) is 21.5. The third kappa shape index (κ3) is 4.69. The molecule has 0 radical (unpaired) electrons. The number of benzene rings is 3. The molecule has 0 aliphatic heterocycles. The van der Waals surface area contributed by atoms with E-state index in [1.165, 1.54) is 6.07 Å². The van der Waals surface area contributed by atoms with Crippen molar-refractivity contribution in [3.63, 3.8) is 0 Å². The number of rotatable bonds is 7. The van der Waals surface area contributed by atoms with Gasteiger partial charge in [0.25, 0.3) is 5.69 Å². The molecule has 4 rings (SSSR count). The number of imidazole rings is 1. The second-order valence-corrected chi connectivity index (χ2v) is 8.32. The summed E-state index contributed by atoms with van der Waals surface area (Å²) in [7, 11) is 1.86. The van der Waals surface area contributed by atoms with Gasteiger partial charge in [-0.2, -0.15) is 5.26 Å². The first kappa shape index (κ1) is 23.2. The van der Waals surface area contributed by atoms with Crippen LogP contribution in [0.5, 0.6) is 0 Å². The monoisotopic (exact) mass is 472 g/mol. The molecule has 0 aliphatic rings. The van der Waals surface area contributed by atoms with E-state index < -0.39 is 11.0 Å². The number of nitrogens with zero attached hydrogens (tertiary/aromatic N) is 4. The number of hydrogen-bond donors (Lipinski definition) is 0. The number of nitro groups is 1.